The molecule has 0 unspecified atom stereocenters. The highest BCUT2D eigenvalue weighted by Crippen LogP contribution is 2.30. The van der Waals surface area contributed by atoms with Crippen molar-refractivity contribution in [2.75, 3.05) is 12.4 Å². The second-order valence-electron chi connectivity index (χ2n) is 8.54. The van der Waals surface area contributed by atoms with Gasteiger partial charge in [-0.25, -0.2) is 14.8 Å². The zero-order valence-corrected chi connectivity index (χ0v) is 20.3. The lowest BCUT2D eigenvalue weighted by Crippen LogP contribution is -2.05. The number of nitrogens with zero attached hydrogens (tertiary/aromatic N) is 2. The van der Waals surface area contributed by atoms with E-state index in [-0.39, 0.29) is 5.56 Å². The van der Waals surface area contributed by atoms with Crippen LogP contribution >= 0.6 is 0 Å². The number of methoxy groups -OCH3 is 1. The van der Waals surface area contributed by atoms with Crippen molar-refractivity contribution in [2.24, 2.45) is 0 Å². The van der Waals surface area contributed by atoms with Crippen LogP contribution in [0.25, 0.3) is 39.5 Å². The fourth-order valence-electron chi connectivity index (χ4n) is 4.08. The predicted octanol–water partition coefficient (Wildman–Crippen LogP) is 6.93. The number of carboxylic acids is 1. The number of fused-ring (bicyclic) bond motifs is 1. The molecule has 0 aliphatic rings. The lowest BCUT2D eigenvalue weighted by molar-refractivity contribution is 0.0697. The molecule has 0 saturated carbocycles. The number of carboxylic acid groups (broad SMARTS) is 1. The average Bonchev–Trinajstić information content (AvgIpc) is 2.95. The number of hydrogen-bond acceptors (Lipinski definition) is 5. The van der Waals surface area contributed by atoms with Gasteiger partial charge in [-0.05, 0) is 70.8 Å². The number of carbonyl (C=O) groups is 1. The Morgan fingerprint density at radius 1 is 0.892 bits per heavy atom. The van der Waals surface area contributed by atoms with Gasteiger partial charge in [0.05, 0.1) is 18.2 Å². The lowest BCUT2D eigenvalue weighted by Gasteiger charge is -2.13. The molecule has 0 aliphatic heterocycles. The van der Waals surface area contributed by atoms with Crippen molar-refractivity contribution in [1.82, 2.24) is 9.97 Å². The van der Waals surface area contributed by atoms with Crippen LogP contribution in [0.3, 0.4) is 0 Å². The molecular weight excluding hydrogens is 462 g/mol. The Morgan fingerprint density at radius 2 is 1.57 bits per heavy atom. The molecular formula is C31H25N3O3. The van der Waals surface area contributed by atoms with Crippen molar-refractivity contribution in [3.05, 3.63) is 114 Å². The third-order valence-corrected chi connectivity index (χ3v) is 6.19. The molecule has 5 rings (SSSR count). The number of aromatic carboxylic acids is 1. The second kappa shape index (κ2) is 10.3. The van der Waals surface area contributed by atoms with Gasteiger partial charge in [-0.2, -0.15) is 0 Å². The summed E-state index contributed by atoms with van der Waals surface area (Å²) in [5.41, 5.74) is 6.10. The van der Waals surface area contributed by atoms with Crippen molar-refractivity contribution in [3.63, 3.8) is 0 Å². The lowest BCUT2D eigenvalue weighted by atomic mass is 10.0. The van der Waals surface area contributed by atoms with E-state index in [0.717, 1.165) is 44.5 Å². The van der Waals surface area contributed by atoms with Gasteiger partial charge in [0.1, 0.15) is 11.6 Å². The van der Waals surface area contributed by atoms with Gasteiger partial charge in [-0.3, -0.25) is 0 Å². The largest absolute Gasteiger partial charge is 0.497 e. The van der Waals surface area contributed by atoms with Gasteiger partial charge in [-0.1, -0.05) is 55.1 Å². The molecule has 5 aromatic rings. The molecule has 0 fully saturated rings. The number of benzene rings is 4. The Morgan fingerprint density at radius 3 is 2.22 bits per heavy atom. The summed E-state index contributed by atoms with van der Waals surface area (Å²) in [6.45, 7) is 4.31. The van der Waals surface area contributed by atoms with Crippen LogP contribution in [0.5, 0.6) is 5.75 Å². The van der Waals surface area contributed by atoms with Crippen molar-refractivity contribution >= 4 is 28.8 Å². The summed E-state index contributed by atoms with van der Waals surface area (Å²) in [6.07, 6.45) is 1.83. The zero-order chi connectivity index (χ0) is 25.8. The van der Waals surface area contributed by atoms with E-state index in [0.29, 0.717) is 18.2 Å². The van der Waals surface area contributed by atoms with E-state index in [2.05, 4.69) is 36.2 Å². The standard InChI is InChI=1S/C31H25N3O3/c1-3-20-4-8-22(9-5-20)25-14-17-27-28(18-25)33-29(23-12-15-26(37-2)16-13-23)34-30(27)32-19-21-6-10-24(11-7-21)31(35)36/h3-18H,1,19H2,2H3,(H,35,36)(H,32,33,34). The normalized spacial score (nSPS) is 10.7. The molecule has 4 aromatic carbocycles. The van der Waals surface area contributed by atoms with Crippen LogP contribution in [0, 0.1) is 0 Å². The molecule has 0 bridgehead atoms. The fraction of sp³-hybridized carbons (Fsp3) is 0.0645. The third kappa shape index (κ3) is 5.18. The van der Waals surface area contributed by atoms with Crippen molar-refractivity contribution in [1.29, 1.82) is 0 Å². The highest BCUT2D eigenvalue weighted by molar-refractivity contribution is 5.93. The Balaban J connectivity index is 1.54. The molecule has 0 saturated heterocycles. The van der Waals surface area contributed by atoms with Gasteiger partial charge in [0.25, 0.3) is 0 Å². The smallest absolute Gasteiger partial charge is 0.335 e. The van der Waals surface area contributed by atoms with Crippen molar-refractivity contribution < 1.29 is 14.6 Å². The minimum absolute atomic E-state index is 0.256. The Labute approximate surface area is 214 Å². The van der Waals surface area contributed by atoms with E-state index in [4.69, 9.17) is 19.8 Å². The maximum absolute atomic E-state index is 11.2. The topological polar surface area (TPSA) is 84.3 Å². The molecule has 0 radical (unpaired) electrons. The van der Waals surface area contributed by atoms with Crippen LogP contribution in [0.2, 0.25) is 0 Å². The minimum atomic E-state index is -0.944. The van der Waals surface area contributed by atoms with Gasteiger partial charge in [0.2, 0.25) is 0 Å². The van der Waals surface area contributed by atoms with Crippen LogP contribution < -0.4 is 10.1 Å². The first kappa shape index (κ1) is 23.8. The molecule has 0 atom stereocenters. The molecule has 1 heterocycles. The Bertz CT molecular complexity index is 1580. The minimum Gasteiger partial charge on any atom is -0.497 e. The molecule has 6 nitrogen and oxygen atoms in total. The highest BCUT2D eigenvalue weighted by atomic mass is 16.5. The first-order valence-corrected chi connectivity index (χ1v) is 11.8. The molecule has 0 amide bonds. The Kier molecular flexibility index (Phi) is 6.64. The van der Waals surface area contributed by atoms with E-state index in [1.807, 2.05) is 48.5 Å². The van der Waals surface area contributed by atoms with Gasteiger partial charge in [0, 0.05) is 17.5 Å². The molecule has 182 valence electrons. The molecule has 37 heavy (non-hydrogen) atoms. The fourth-order valence-corrected chi connectivity index (χ4v) is 4.08. The zero-order valence-electron chi connectivity index (χ0n) is 20.3. The predicted molar refractivity (Wildman–Crippen MR) is 148 cm³/mol. The van der Waals surface area contributed by atoms with Gasteiger partial charge in [0.15, 0.2) is 5.82 Å². The summed E-state index contributed by atoms with van der Waals surface area (Å²) < 4.78 is 5.29. The van der Waals surface area contributed by atoms with E-state index in [1.165, 1.54) is 0 Å². The van der Waals surface area contributed by atoms with E-state index in [1.54, 1.807) is 31.4 Å². The van der Waals surface area contributed by atoms with Crippen LogP contribution in [0.15, 0.2) is 97.6 Å². The summed E-state index contributed by atoms with van der Waals surface area (Å²) in [5.74, 6) is 1.11. The molecule has 2 N–H and O–H groups in total. The Hall–Kier alpha value is -4.97. The SMILES string of the molecule is C=Cc1ccc(-c2ccc3c(NCc4ccc(C(=O)O)cc4)nc(-c4ccc(OC)cc4)nc3c2)cc1. The number of anilines is 1. The van der Waals surface area contributed by atoms with Gasteiger partial charge < -0.3 is 15.2 Å². The molecule has 0 spiro atoms. The van der Waals surface area contributed by atoms with E-state index < -0.39 is 5.97 Å². The van der Waals surface area contributed by atoms with E-state index in [9.17, 15) is 4.79 Å². The number of hydrogen-bond donors (Lipinski definition) is 2. The summed E-state index contributed by atoms with van der Waals surface area (Å²) in [5, 5.41) is 13.5. The number of rotatable bonds is 8. The van der Waals surface area contributed by atoms with Crippen molar-refractivity contribution in [2.45, 2.75) is 6.54 Å². The molecule has 1 aromatic heterocycles. The third-order valence-electron chi connectivity index (χ3n) is 6.19. The van der Waals surface area contributed by atoms with Crippen LogP contribution in [-0.4, -0.2) is 28.2 Å². The number of ether oxygens (including phenoxy) is 1. The second-order valence-corrected chi connectivity index (χ2v) is 8.54. The van der Waals surface area contributed by atoms with Crippen LogP contribution in [0.4, 0.5) is 5.82 Å². The summed E-state index contributed by atoms with van der Waals surface area (Å²) >= 11 is 0. The van der Waals surface area contributed by atoms with Crippen LogP contribution in [0.1, 0.15) is 21.5 Å². The molecule has 6 heteroatoms. The maximum atomic E-state index is 11.2. The summed E-state index contributed by atoms with van der Waals surface area (Å²) in [6, 6.07) is 28.8. The van der Waals surface area contributed by atoms with Gasteiger partial charge >= 0.3 is 5.97 Å². The number of nitrogens with one attached hydrogen (secondary N) is 1. The molecule has 0 aliphatic carbocycles. The monoisotopic (exact) mass is 487 g/mol. The summed E-state index contributed by atoms with van der Waals surface area (Å²) in [4.78, 5) is 20.9. The van der Waals surface area contributed by atoms with E-state index >= 15 is 0 Å². The van der Waals surface area contributed by atoms with Crippen molar-refractivity contribution in [3.8, 4) is 28.3 Å². The first-order chi connectivity index (χ1) is 18.0. The number of aromatic nitrogens is 2. The maximum Gasteiger partial charge on any atom is 0.335 e. The average molecular weight is 488 g/mol. The van der Waals surface area contributed by atoms with Gasteiger partial charge in [-0.15, -0.1) is 0 Å². The quantitative estimate of drug-likeness (QED) is 0.247. The summed E-state index contributed by atoms with van der Waals surface area (Å²) in [7, 11) is 1.63. The first-order valence-electron chi connectivity index (χ1n) is 11.8. The van der Waals surface area contributed by atoms with Crippen LogP contribution in [-0.2, 0) is 6.54 Å². The highest BCUT2D eigenvalue weighted by Gasteiger charge is 2.12.